The Bertz CT molecular complexity index is 644. The Balaban J connectivity index is 1.75. The van der Waals surface area contributed by atoms with E-state index in [9.17, 15) is 4.79 Å². The molecule has 128 valence electrons. The largest absolute Gasteiger partial charge is 0.360 e. The highest BCUT2D eigenvalue weighted by atomic mass is 32.2. The van der Waals surface area contributed by atoms with Crippen molar-refractivity contribution in [1.82, 2.24) is 15.1 Å². The molecule has 2 aromatic heterocycles. The Morgan fingerprint density at radius 2 is 2.12 bits per heavy atom. The highest BCUT2D eigenvalue weighted by molar-refractivity contribution is 8.01. The molecule has 2 aromatic rings. The number of hydrogen-bond donors (Lipinski definition) is 1. The zero-order chi connectivity index (χ0) is 17.2. The molecule has 1 amide bonds. The smallest absolute Gasteiger partial charge is 0.233 e. The molecule has 0 aliphatic carbocycles. The van der Waals surface area contributed by atoms with Crippen molar-refractivity contribution in [2.45, 2.75) is 10.8 Å². The Kier molecular flexibility index (Phi) is 8.00. The molecule has 0 fully saturated rings. The maximum absolute atomic E-state index is 12.2. The molecule has 0 saturated carbocycles. The first-order valence-corrected chi connectivity index (χ1v) is 10.1. The molecule has 0 aromatic carbocycles. The number of amides is 1. The molecule has 0 bridgehead atoms. The van der Waals surface area contributed by atoms with Crippen molar-refractivity contribution < 1.29 is 4.79 Å². The lowest BCUT2D eigenvalue weighted by Crippen LogP contribution is -2.32. The summed E-state index contributed by atoms with van der Waals surface area (Å²) in [5.74, 6) is 0.383. The quantitative estimate of drug-likeness (QED) is 0.477. The van der Waals surface area contributed by atoms with Crippen molar-refractivity contribution in [2.75, 3.05) is 30.7 Å². The van der Waals surface area contributed by atoms with Crippen LogP contribution in [0.2, 0.25) is 0 Å². The Morgan fingerprint density at radius 3 is 2.79 bits per heavy atom. The highest BCUT2D eigenvalue weighted by Gasteiger charge is 2.13. The van der Waals surface area contributed by atoms with Crippen LogP contribution in [0.1, 0.15) is 4.88 Å². The van der Waals surface area contributed by atoms with Gasteiger partial charge in [-0.2, -0.15) is 0 Å². The van der Waals surface area contributed by atoms with Crippen LogP contribution >= 0.6 is 34.4 Å². The lowest BCUT2D eigenvalue weighted by Gasteiger charge is -2.18. The molecule has 5 nitrogen and oxygen atoms in total. The number of nitrogens with zero attached hydrogens (tertiary/aromatic N) is 3. The van der Waals surface area contributed by atoms with Gasteiger partial charge in [-0.05, 0) is 17.9 Å². The number of carbonyl (C=O) groups excluding carboxylic acids is 1. The van der Waals surface area contributed by atoms with Crippen molar-refractivity contribution in [2.24, 2.45) is 0 Å². The normalized spacial score (nSPS) is 10.3. The van der Waals surface area contributed by atoms with Gasteiger partial charge in [-0.1, -0.05) is 41.3 Å². The van der Waals surface area contributed by atoms with Crippen LogP contribution in [0.4, 0.5) is 5.13 Å². The van der Waals surface area contributed by atoms with E-state index in [1.165, 1.54) is 28.0 Å². The molecule has 0 radical (unpaired) electrons. The minimum absolute atomic E-state index is 0.0437. The first kappa shape index (κ1) is 18.7. The molecule has 0 aliphatic rings. The topological polar surface area (TPSA) is 58.1 Å². The van der Waals surface area contributed by atoms with E-state index in [1.807, 2.05) is 0 Å². The summed E-state index contributed by atoms with van der Waals surface area (Å²) in [5, 5.41) is 14.4. The molecule has 0 aliphatic heterocycles. The van der Waals surface area contributed by atoms with E-state index in [-0.39, 0.29) is 5.91 Å². The number of thiophene rings is 1. The van der Waals surface area contributed by atoms with Crippen LogP contribution in [0, 0.1) is 0 Å². The fourth-order valence-electron chi connectivity index (χ4n) is 1.89. The number of carbonyl (C=O) groups is 1. The number of rotatable bonds is 11. The van der Waals surface area contributed by atoms with Crippen molar-refractivity contribution in [1.29, 1.82) is 0 Å². The predicted molar refractivity (Wildman–Crippen MR) is 104 cm³/mol. The minimum atomic E-state index is 0.0437. The second-order valence-corrected chi connectivity index (χ2v) is 8.03. The van der Waals surface area contributed by atoms with Gasteiger partial charge in [0.25, 0.3) is 0 Å². The molecule has 0 unspecified atom stereocenters. The van der Waals surface area contributed by atoms with Gasteiger partial charge in [0.2, 0.25) is 11.0 Å². The summed E-state index contributed by atoms with van der Waals surface area (Å²) in [4.78, 5) is 15.2. The van der Waals surface area contributed by atoms with Crippen LogP contribution in [0.5, 0.6) is 0 Å². The second kappa shape index (κ2) is 10.3. The van der Waals surface area contributed by atoms with E-state index >= 15 is 0 Å². The SMILES string of the molecule is C=CCN(CC=C)C(=O)CSc1nnc(NCCc2cccs2)s1. The van der Waals surface area contributed by atoms with Crippen molar-refractivity contribution in [3.8, 4) is 0 Å². The summed E-state index contributed by atoms with van der Waals surface area (Å²) in [6.45, 7) is 9.22. The average molecular weight is 381 g/mol. The van der Waals surface area contributed by atoms with Crippen molar-refractivity contribution >= 4 is 45.5 Å². The lowest BCUT2D eigenvalue weighted by molar-refractivity contribution is -0.127. The van der Waals surface area contributed by atoms with Gasteiger partial charge >= 0.3 is 0 Å². The first-order valence-electron chi connectivity index (χ1n) is 7.45. The maximum atomic E-state index is 12.2. The fourth-order valence-corrected chi connectivity index (χ4v) is 4.28. The summed E-state index contributed by atoms with van der Waals surface area (Å²) in [7, 11) is 0. The molecule has 1 N–H and O–H groups in total. The number of hydrogen-bond acceptors (Lipinski definition) is 7. The van der Waals surface area contributed by atoms with Gasteiger partial charge in [0.15, 0.2) is 4.34 Å². The van der Waals surface area contributed by atoms with Crippen LogP contribution in [-0.4, -0.2) is 46.4 Å². The van der Waals surface area contributed by atoms with Crippen molar-refractivity contribution in [3.05, 3.63) is 47.7 Å². The van der Waals surface area contributed by atoms with Crippen LogP contribution in [0.3, 0.4) is 0 Å². The van der Waals surface area contributed by atoms with E-state index in [1.54, 1.807) is 28.4 Å². The highest BCUT2D eigenvalue weighted by Crippen LogP contribution is 2.25. The standard InChI is InChI=1S/C16H20N4OS3/c1-3-9-20(10-4-2)14(21)12-23-16-19-18-15(24-16)17-8-7-13-6-5-11-22-13/h3-6,11H,1-2,7-10,12H2,(H,17,18). The Morgan fingerprint density at radius 1 is 1.33 bits per heavy atom. The molecule has 0 spiro atoms. The summed E-state index contributed by atoms with van der Waals surface area (Å²) in [6, 6.07) is 4.18. The van der Waals surface area contributed by atoms with Crippen LogP contribution in [-0.2, 0) is 11.2 Å². The number of aromatic nitrogens is 2. The Hall–Kier alpha value is -1.64. The van der Waals surface area contributed by atoms with Gasteiger partial charge in [0, 0.05) is 24.5 Å². The molecule has 0 atom stereocenters. The van der Waals surface area contributed by atoms with Gasteiger partial charge in [-0.3, -0.25) is 4.79 Å². The van der Waals surface area contributed by atoms with Crippen molar-refractivity contribution in [3.63, 3.8) is 0 Å². The zero-order valence-electron chi connectivity index (χ0n) is 13.3. The minimum Gasteiger partial charge on any atom is -0.360 e. The molecule has 0 saturated heterocycles. The summed E-state index contributed by atoms with van der Waals surface area (Å²) in [6.07, 6.45) is 4.40. The number of nitrogens with one attached hydrogen (secondary N) is 1. The Labute approximate surface area is 154 Å². The first-order chi connectivity index (χ1) is 11.7. The van der Waals surface area contributed by atoms with E-state index in [2.05, 4.69) is 46.2 Å². The predicted octanol–water partition coefficient (Wildman–Crippen LogP) is 3.55. The van der Waals surface area contributed by atoms with E-state index in [4.69, 9.17) is 0 Å². The van der Waals surface area contributed by atoms with Gasteiger partial charge in [-0.15, -0.1) is 34.7 Å². The van der Waals surface area contributed by atoms with Crippen LogP contribution < -0.4 is 5.32 Å². The summed E-state index contributed by atoms with van der Waals surface area (Å²) < 4.78 is 0.791. The third-order valence-corrected chi connectivity index (χ3v) is 5.94. The monoisotopic (exact) mass is 380 g/mol. The molecule has 24 heavy (non-hydrogen) atoms. The fraction of sp³-hybridized carbons (Fsp3) is 0.312. The van der Waals surface area contributed by atoms with Gasteiger partial charge in [-0.25, -0.2) is 0 Å². The summed E-state index contributed by atoms with van der Waals surface area (Å²) in [5.41, 5.74) is 0. The van der Waals surface area contributed by atoms with Gasteiger partial charge in [0.1, 0.15) is 0 Å². The molecule has 2 rings (SSSR count). The van der Waals surface area contributed by atoms with Gasteiger partial charge in [0.05, 0.1) is 5.75 Å². The second-order valence-electron chi connectivity index (χ2n) is 4.79. The third-order valence-electron chi connectivity index (χ3n) is 3.00. The van der Waals surface area contributed by atoms with E-state index < -0.39 is 0 Å². The van der Waals surface area contributed by atoms with E-state index in [0.717, 1.165) is 22.4 Å². The summed E-state index contributed by atoms with van der Waals surface area (Å²) >= 11 is 4.63. The zero-order valence-corrected chi connectivity index (χ0v) is 15.8. The molecule has 8 heteroatoms. The van der Waals surface area contributed by atoms with E-state index in [0.29, 0.717) is 18.8 Å². The average Bonchev–Trinajstić information content (AvgIpc) is 3.24. The molecular weight excluding hydrogens is 360 g/mol. The number of anilines is 1. The molecular formula is C16H20N4OS3. The van der Waals surface area contributed by atoms with Crippen LogP contribution in [0.15, 0.2) is 47.2 Å². The lowest BCUT2D eigenvalue weighted by atomic mass is 10.3. The number of thioether (sulfide) groups is 1. The molecule has 2 heterocycles. The van der Waals surface area contributed by atoms with Crippen LogP contribution in [0.25, 0.3) is 0 Å². The van der Waals surface area contributed by atoms with Gasteiger partial charge < -0.3 is 10.2 Å². The maximum Gasteiger partial charge on any atom is 0.233 e. The third kappa shape index (κ3) is 6.10.